The molecule has 2 aromatic heterocycles. The van der Waals surface area contributed by atoms with Crippen molar-refractivity contribution in [2.45, 2.75) is 39.7 Å². The van der Waals surface area contributed by atoms with Crippen LogP contribution in [0.25, 0.3) is 11.6 Å². The Kier molecular flexibility index (Phi) is 5.96. The van der Waals surface area contributed by atoms with Gasteiger partial charge in [-0.3, -0.25) is 4.79 Å². The monoisotopic (exact) mass is 386 g/mol. The van der Waals surface area contributed by atoms with Gasteiger partial charge in [0.1, 0.15) is 5.69 Å². The van der Waals surface area contributed by atoms with Crippen LogP contribution in [0.2, 0.25) is 5.02 Å². The van der Waals surface area contributed by atoms with Crippen molar-refractivity contribution in [3.63, 3.8) is 0 Å². The Morgan fingerprint density at radius 1 is 1.37 bits per heavy atom. The summed E-state index contributed by atoms with van der Waals surface area (Å²) in [5, 5.41) is 4.60. The van der Waals surface area contributed by atoms with Crippen molar-refractivity contribution in [1.82, 2.24) is 20.0 Å². The number of H-pyrrole nitrogens is 1. The van der Waals surface area contributed by atoms with Crippen LogP contribution in [-0.4, -0.2) is 38.5 Å². The fraction of sp³-hybridized carbons (Fsp3) is 0.350. The van der Waals surface area contributed by atoms with Crippen molar-refractivity contribution in [2.75, 3.05) is 6.54 Å². The molecule has 6 nitrogen and oxygen atoms in total. The average molecular weight is 387 g/mol. The van der Waals surface area contributed by atoms with Gasteiger partial charge in [-0.25, -0.2) is 0 Å². The third-order valence-electron chi connectivity index (χ3n) is 4.68. The second-order valence-electron chi connectivity index (χ2n) is 6.57. The maximum atomic E-state index is 13.1. The molecule has 0 fully saturated rings. The molecule has 0 spiro atoms. The summed E-state index contributed by atoms with van der Waals surface area (Å²) in [6.45, 7) is 6.60. The number of nitrogens with one attached hydrogen (secondary N) is 1. The van der Waals surface area contributed by atoms with Gasteiger partial charge in [0.15, 0.2) is 5.82 Å². The molecular weight excluding hydrogens is 364 g/mol. The van der Waals surface area contributed by atoms with E-state index in [1.807, 2.05) is 36.1 Å². The summed E-state index contributed by atoms with van der Waals surface area (Å²) in [6.07, 6.45) is 3.04. The van der Waals surface area contributed by atoms with Crippen molar-refractivity contribution in [1.29, 1.82) is 0 Å². The van der Waals surface area contributed by atoms with Crippen LogP contribution in [0.4, 0.5) is 0 Å². The maximum Gasteiger partial charge on any atom is 0.274 e. The van der Waals surface area contributed by atoms with E-state index < -0.39 is 0 Å². The summed E-state index contributed by atoms with van der Waals surface area (Å²) >= 11 is 5.91. The highest BCUT2D eigenvalue weighted by molar-refractivity contribution is 6.30. The van der Waals surface area contributed by atoms with Crippen molar-refractivity contribution >= 4 is 17.5 Å². The predicted molar refractivity (Wildman–Crippen MR) is 105 cm³/mol. The van der Waals surface area contributed by atoms with E-state index in [-0.39, 0.29) is 11.9 Å². The Morgan fingerprint density at radius 2 is 2.15 bits per heavy atom. The molecule has 2 heterocycles. The molecule has 142 valence electrons. The lowest BCUT2D eigenvalue weighted by Gasteiger charge is -2.29. The van der Waals surface area contributed by atoms with E-state index in [1.165, 1.54) is 0 Å². The zero-order valence-corrected chi connectivity index (χ0v) is 16.5. The first-order chi connectivity index (χ1) is 13.0. The van der Waals surface area contributed by atoms with Crippen LogP contribution in [0.5, 0.6) is 0 Å². The molecule has 0 aliphatic heterocycles. The van der Waals surface area contributed by atoms with Gasteiger partial charge in [-0.2, -0.15) is 4.98 Å². The van der Waals surface area contributed by atoms with E-state index in [4.69, 9.17) is 16.1 Å². The molecule has 3 rings (SSSR count). The average Bonchev–Trinajstić information content (AvgIpc) is 3.30. The van der Waals surface area contributed by atoms with E-state index in [2.05, 4.69) is 29.0 Å². The first-order valence-corrected chi connectivity index (χ1v) is 9.40. The van der Waals surface area contributed by atoms with Crippen molar-refractivity contribution in [2.24, 2.45) is 0 Å². The minimum absolute atomic E-state index is 0.0299. The lowest BCUT2D eigenvalue weighted by molar-refractivity contribution is 0.0688. The van der Waals surface area contributed by atoms with Gasteiger partial charge in [0.25, 0.3) is 11.8 Å². The highest BCUT2D eigenvalue weighted by Crippen LogP contribution is 2.20. The number of benzene rings is 1. The lowest BCUT2D eigenvalue weighted by atomic mass is 10.1. The van der Waals surface area contributed by atoms with Crippen LogP contribution in [0.15, 0.2) is 41.1 Å². The van der Waals surface area contributed by atoms with Crippen LogP contribution < -0.4 is 0 Å². The normalized spacial score (nSPS) is 12.1. The van der Waals surface area contributed by atoms with E-state index in [9.17, 15) is 4.79 Å². The van der Waals surface area contributed by atoms with Gasteiger partial charge in [-0.15, -0.1) is 0 Å². The van der Waals surface area contributed by atoms with Crippen molar-refractivity contribution in [3.8, 4) is 11.6 Å². The van der Waals surface area contributed by atoms with E-state index in [1.54, 1.807) is 12.3 Å². The number of halogens is 1. The van der Waals surface area contributed by atoms with E-state index >= 15 is 0 Å². The Labute approximate surface area is 163 Å². The van der Waals surface area contributed by atoms with Crippen molar-refractivity contribution in [3.05, 3.63) is 58.5 Å². The Morgan fingerprint density at radius 3 is 2.81 bits per heavy atom. The third kappa shape index (κ3) is 4.39. The van der Waals surface area contributed by atoms with Gasteiger partial charge in [0.05, 0.1) is 5.02 Å². The SMILES string of the molecule is CCC(C)N(CCc1noc(-c2cc(Cl)c[nH]2)n1)C(=O)c1ccccc1C. The van der Waals surface area contributed by atoms with Gasteiger partial charge >= 0.3 is 0 Å². The second kappa shape index (κ2) is 8.39. The number of carbonyl (C=O) groups is 1. The standard InChI is InChI=1S/C20H23ClN4O2/c1-4-14(3)25(20(26)16-8-6-5-7-13(16)2)10-9-18-23-19(27-24-18)17-11-15(21)12-22-17/h5-8,11-12,14,22H,4,9-10H2,1-3H3. The highest BCUT2D eigenvalue weighted by atomic mass is 35.5. The molecule has 1 amide bonds. The summed E-state index contributed by atoms with van der Waals surface area (Å²) in [5.41, 5.74) is 2.38. The number of hydrogen-bond donors (Lipinski definition) is 1. The molecule has 27 heavy (non-hydrogen) atoms. The minimum Gasteiger partial charge on any atom is -0.356 e. The number of amides is 1. The fourth-order valence-corrected chi connectivity index (χ4v) is 3.05. The van der Waals surface area contributed by atoms with E-state index in [0.717, 1.165) is 17.5 Å². The second-order valence-corrected chi connectivity index (χ2v) is 7.00. The topological polar surface area (TPSA) is 75.0 Å². The third-order valence-corrected chi connectivity index (χ3v) is 4.90. The molecule has 1 aromatic carbocycles. The molecule has 1 unspecified atom stereocenters. The molecule has 1 atom stereocenters. The smallest absolute Gasteiger partial charge is 0.274 e. The number of aryl methyl sites for hydroxylation is 1. The predicted octanol–water partition coefficient (Wildman–Crippen LogP) is 4.51. The van der Waals surface area contributed by atoms with Gasteiger partial charge in [-0.05, 0) is 38.0 Å². The zero-order valence-electron chi connectivity index (χ0n) is 15.7. The molecule has 0 aliphatic rings. The lowest BCUT2D eigenvalue weighted by Crippen LogP contribution is -2.40. The van der Waals surface area contributed by atoms with Crippen LogP contribution in [-0.2, 0) is 6.42 Å². The molecule has 1 N–H and O–H groups in total. The summed E-state index contributed by atoms with van der Waals surface area (Å²) in [5.74, 6) is 0.973. The Balaban J connectivity index is 1.73. The summed E-state index contributed by atoms with van der Waals surface area (Å²) in [7, 11) is 0. The van der Waals surface area contributed by atoms with Crippen LogP contribution in [0.1, 0.15) is 42.0 Å². The summed E-state index contributed by atoms with van der Waals surface area (Å²) < 4.78 is 5.29. The summed E-state index contributed by atoms with van der Waals surface area (Å²) in [4.78, 5) is 22.3. The Bertz CT molecular complexity index is 918. The quantitative estimate of drug-likeness (QED) is 0.648. The maximum absolute atomic E-state index is 13.1. The van der Waals surface area contributed by atoms with E-state index in [0.29, 0.717) is 35.4 Å². The fourth-order valence-electron chi connectivity index (χ4n) is 2.89. The highest BCUT2D eigenvalue weighted by Gasteiger charge is 2.22. The number of aromatic amines is 1. The van der Waals surface area contributed by atoms with Gasteiger partial charge < -0.3 is 14.4 Å². The molecule has 0 saturated heterocycles. The number of nitrogens with zero attached hydrogens (tertiary/aromatic N) is 3. The molecule has 7 heteroatoms. The molecule has 0 radical (unpaired) electrons. The number of aromatic nitrogens is 3. The first kappa shape index (κ1) is 19.2. The number of hydrogen-bond acceptors (Lipinski definition) is 4. The van der Waals surface area contributed by atoms with Crippen LogP contribution in [0, 0.1) is 6.92 Å². The van der Waals surface area contributed by atoms with Crippen molar-refractivity contribution < 1.29 is 9.32 Å². The molecule has 3 aromatic rings. The first-order valence-electron chi connectivity index (χ1n) is 9.03. The molecule has 0 aliphatic carbocycles. The largest absolute Gasteiger partial charge is 0.356 e. The number of rotatable bonds is 7. The molecular formula is C20H23ClN4O2. The Hall–Kier alpha value is -2.60. The molecule has 0 saturated carbocycles. The zero-order chi connectivity index (χ0) is 19.4. The van der Waals surface area contributed by atoms with Gasteiger partial charge in [-0.1, -0.05) is 41.9 Å². The van der Waals surface area contributed by atoms with Crippen LogP contribution in [0.3, 0.4) is 0 Å². The van der Waals surface area contributed by atoms with Crippen LogP contribution >= 0.6 is 11.6 Å². The van der Waals surface area contributed by atoms with Gasteiger partial charge in [0, 0.05) is 30.8 Å². The minimum atomic E-state index is 0.0299. The number of carbonyl (C=O) groups excluding carboxylic acids is 1. The summed E-state index contributed by atoms with van der Waals surface area (Å²) in [6, 6.07) is 9.50. The molecule has 0 bridgehead atoms. The van der Waals surface area contributed by atoms with Gasteiger partial charge in [0.2, 0.25) is 0 Å².